The summed E-state index contributed by atoms with van der Waals surface area (Å²) in [6, 6.07) is 16.3. The van der Waals surface area contributed by atoms with Crippen LogP contribution in [-0.2, 0) is 19.6 Å². The number of carbonyl (C=O) groups excluding carboxylic acids is 1. The van der Waals surface area contributed by atoms with Crippen LogP contribution in [-0.4, -0.2) is 37.2 Å². The number of hydrogen-bond acceptors (Lipinski definition) is 4. The van der Waals surface area contributed by atoms with E-state index in [2.05, 4.69) is 0 Å². The summed E-state index contributed by atoms with van der Waals surface area (Å²) in [6.45, 7) is 3.63. The highest BCUT2D eigenvalue weighted by Crippen LogP contribution is 2.45. The maximum Gasteiger partial charge on any atom is 0.243 e. The molecule has 0 saturated carbocycles. The third-order valence-corrected chi connectivity index (χ3v) is 7.19. The summed E-state index contributed by atoms with van der Waals surface area (Å²) in [7, 11) is -3.68. The van der Waals surface area contributed by atoms with Crippen LogP contribution in [0.5, 0.6) is 0 Å². The second-order valence-corrected chi connectivity index (χ2v) is 9.10. The van der Waals surface area contributed by atoms with Crippen LogP contribution in [0.2, 0.25) is 0 Å². The summed E-state index contributed by atoms with van der Waals surface area (Å²) < 4.78 is 33.5. The Balaban J connectivity index is 1.67. The fourth-order valence-electron chi connectivity index (χ4n) is 3.76. The molecule has 0 bridgehead atoms. The molecule has 0 spiro atoms. The van der Waals surface area contributed by atoms with E-state index in [0.29, 0.717) is 5.76 Å². The lowest BCUT2D eigenvalue weighted by molar-refractivity contribution is -0.133. The average Bonchev–Trinajstić information content (AvgIpc) is 3.19. The topological polar surface area (TPSA) is 63.7 Å². The number of fused-ring (bicyclic) bond motifs is 1. The normalized spacial score (nSPS) is 25.0. The molecular formula is C21H21NO4S. The first-order chi connectivity index (χ1) is 12.8. The first kappa shape index (κ1) is 17.9. The molecule has 2 aliphatic rings. The fourth-order valence-corrected chi connectivity index (χ4v) is 5.26. The lowest BCUT2D eigenvalue weighted by atomic mass is 9.88. The molecule has 6 heteroatoms. The molecule has 4 rings (SSSR count). The molecule has 140 valence electrons. The molecule has 2 aliphatic heterocycles. The molecule has 0 N–H and O–H groups in total. The van der Waals surface area contributed by atoms with Crippen molar-refractivity contribution in [1.29, 1.82) is 0 Å². The van der Waals surface area contributed by atoms with Crippen molar-refractivity contribution in [2.24, 2.45) is 5.92 Å². The highest BCUT2D eigenvalue weighted by atomic mass is 32.2. The number of Topliss-reactive ketones (excluding diaryl/α,β-unsaturated/α-hetero) is 1. The first-order valence-electron chi connectivity index (χ1n) is 8.87. The molecule has 0 aliphatic carbocycles. The lowest BCUT2D eigenvalue weighted by Gasteiger charge is -2.27. The van der Waals surface area contributed by atoms with Gasteiger partial charge in [0.05, 0.1) is 11.4 Å². The van der Waals surface area contributed by atoms with E-state index >= 15 is 0 Å². The summed E-state index contributed by atoms with van der Waals surface area (Å²) in [5.41, 5.74) is 0.731. The Morgan fingerprint density at radius 2 is 1.78 bits per heavy atom. The Bertz CT molecular complexity index is 1010. The number of hydrogen-bond donors (Lipinski definition) is 0. The zero-order valence-corrected chi connectivity index (χ0v) is 16.1. The van der Waals surface area contributed by atoms with E-state index in [-0.39, 0.29) is 29.7 Å². The molecule has 27 heavy (non-hydrogen) atoms. The van der Waals surface area contributed by atoms with E-state index in [1.807, 2.05) is 43.3 Å². The maximum absolute atomic E-state index is 13.0. The van der Waals surface area contributed by atoms with Gasteiger partial charge in [0.25, 0.3) is 0 Å². The van der Waals surface area contributed by atoms with Crippen LogP contribution in [0.4, 0.5) is 0 Å². The van der Waals surface area contributed by atoms with Gasteiger partial charge < -0.3 is 4.74 Å². The number of benzene rings is 2. The van der Waals surface area contributed by atoms with Crippen molar-refractivity contribution in [3.8, 4) is 0 Å². The minimum absolute atomic E-state index is 0.0239. The van der Waals surface area contributed by atoms with Gasteiger partial charge in [0, 0.05) is 18.0 Å². The summed E-state index contributed by atoms with van der Waals surface area (Å²) in [5, 5.41) is 0. The third-order valence-electron chi connectivity index (χ3n) is 5.37. The van der Waals surface area contributed by atoms with E-state index in [1.165, 1.54) is 11.2 Å². The SMILES string of the molecule is CC(=O)[C@@]12CN(S(=O)(=O)c3ccc(C)cc3)C[C@@H]1C=C(c1ccccc1)O2. The molecule has 1 fully saturated rings. The van der Waals surface area contributed by atoms with Gasteiger partial charge in [-0.05, 0) is 32.1 Å². The predicted octanol–water partition coefficient (Wildman–Crippen LogP) is 3.01. The maximum atomic E-state index is 13.0. The summed E-state index contributed by atoms with van der Waals surface area (Å²) in [6.07, 6.45) is 1.89. The molecule has 2 atom stereocenters. The molecule has 0 radical (unpaired) electrons. The first-order valence-corrected chi connectivity index (χ1v) is 10.3. The standard InChI is InChI=1S/C21H21NO4S/c1-15-8-10-19(11-9-15)27(24,25)22-13-18-12-20(17-6-4-3-5-7-17)26-21(18,14-22)16(2)23/h3-12,18H,13-14H2,1-2H3/t18-,21-/m0/s1. The van der Waals surface area contributed by atoms with Gasteiger partial charge in [0.15, 0.2) is 11.4 Å². The summed E-state index contributed by atoms with van der Waals surface area (Å²) in [4.78, 5) is 12.7. The van der Waals surface area contributed by atoms with Crippen molar-refractivity contribution in [2.75, 3.05) is 13.1 Å². The average molecular weight is 383 g/mol. The van der Waals surface area contributed by atoms with Gasteiger partial charge in [-0.2, -0.15) is 4.31 Å². The number of rotatable bonds is 4. The Morgan fingerprint density at radius 1 is 1.11 bits per heavy atom. The van der Waals surface area contributed by atoms with Gasteiger partial charge in [-0.25, -0.2) is 8.42 Å². The lowest BCUT2D eigenvalue weighted by Crippen LogP contribution is -2.45. The molecular weight excluding hydrogens is 362 g/mol. The second-order valence-electron chi connectivity index (χ2n) is 7.16. The molecule has 0 amide bonds. The Morgan fingerprint density at radius 3 is 2.37 bits per heavy atom. The predicted molar refractivity (Wildman–Crippen MR) is 102 cm³/mol. The highest BCUT2D eigenvalue weighted by Gasteiger charge is 2.57. The highest BCUT2D eigenvalue weighted by molar-refractivity contribution is 7.89. The van der Waals surface area contributed by atoms with Gasteiger partial charge in [-0.15, -0.1) is 0 Å². The number of ether oxygens (including phenoxy) is 1. The zero-order chi connectivity index (χ0) is 19.2. The Labute approximate surface area is 159 Å². The Kier molecular flexibility index (Phi) is 4.20. The second kappa shape index (κ2) is 6.32. The Hall–Kier alpha value is -2.44. The largest absolute Gasteiger partial charge is 0.477 e. The third kappa shape index (κ3) is 2.89. The number of carbonyl (C=O) groups is 1. The zero-order valence-electron chi connectivity index (χ0n) is 15.3. The van der Waals surface area contributed by atoms with Gasteiger partial charge >= 0.3 is 0 Å². The van der Waals surface area contributed by atoms with E-state index in [1.54, 1.807) is 24.3 Å². The fraction of sp³-hybridized carbons (Fsp3) is 0.286. The molecule has 2 heterocycles. The van der Waals surface area contributed by atoms with Crippen LogP contribution >= 0.6 is 0 Å². The minimum Gasteiger partial charge on any atom is -0.477 e. The quantitative estimate of drug-likeness (QED) is 0.814. The number of ketones is 1. The molecule has 2 aromatic carbocycles. The van der Waals surface area contributed by atoms with Gasteiger partial charge in [0.2, 0.25) is 10.0 Å². The van der Waals surface area contributed by atoms with E-state index in [9.17, 15) is 13.2 Å². The number of sulfonamides is 1. The van der Waals surface area contributed by atoms with E-state index in [4.69, 9.17) is 4.74 Å². The molecule has 0 unspecified atom stereocenters. The van der Waals surface area contributed by atoms with Crippen molar-refractivity contribution in [2.45, 2.75) is 24.3 Å². The van der Waals surface area contributed by atoms with Crippen molar-refractivity contribution >= 4 is 21.6 Å². The van der Waals surface area contributed by atoms with Crippen LogP contribution in [0.15, 0.2) is 65.6 Å². The summed E-state index contributed by atoms with van der Waals surface area (Å²) in [5.74, 6) is 0.185. The van der Waals surface area contributed by atoms with Crippen molar-refractivity contribution in [3.05, 3.63) is 71.8 Å². The number of aryl methyl sites for hydroxylation is 1. The molecule has 5 nitrogen and oxygen atoms in total. The van der Waals surface area contributed by atoms with Crippen LogP contribution < -0.4 is 0 Å². The van der Waals surface area contributed by atoms with Crippen LogP contribution in [0.25, 0.3) is 5.76 Å². The summed E-state index contributed by atoms with van der Waals surface area (Å²) >= 11 is 0. The van der Waals surface area contributed by atoms with Crippen molar-refractivity contribution < 1.29 is 17.9 Å². The molecule has 1 saturated heterocycles. The minimum atomic E-state index is -3.68. The van der Waals surface area contributed by atoms with Crippen LogP contribution in [0.3, 0.4) is 0 Å². The smallest absolute Gasteiger partial charge is 0.243 e. The van der Waals surface area contributed by atoms with Gasteiger partial charge in [-0.1, -0.05) is 48.0 Å². The van der Waals surface area contributed by atoms with Crippen LogP contribution in [0.1, 0.15) is 18.1 Å². The molecule has 0 aromatic heterocycles. The monoisotopic (exact) mass is 383 g/mol. The van der Waals surface area contributed by atoms with Gasteiger partial charge in [-0.3, -0.25) is 4.79 Å². The molecule has 2 aromatic rings. The van der Waals surface area contributed by atoms with Crippen LogP contribution in [0, 0.1) is 12.8 Å². The number of nitrogens with zero attached hydrogens (tertiary/aromatic N) is 1. The van der Waals surface area contributed by atoms with Gasteiger partial charge in [0.1, 0.15) is 5.76 Å². The van der Waals surface area contributed by atoms with Crippen molar-refractivity contribution in [3.63, 3.8) is 0 Å². The van der Waals surface area contributed by atoms with E-state index in [0.717, 1.165) is 11.1 Å². The van der Waals surface area contributed by atoms with Crippen molar-refractivity contribution in [1.82, 2.24) is 4.31 Å². The van der Waals surface area contributed by atoms with E-state index < -0.39 is 15.6 Å².